The van der Waals surface area contributed by atoms with Gasteiger partial charge in [-0.1, -0.05) is 13.8 Å². The van der Waals surface area contributed by atoms with Crippen LogP contribution in [-0.2, 0) is 14.3 Å². The SMILES string of the molecule is CCC(C)OC(=O)CN1C(=O)C(CC)Oc2ccc(-c3csc(C)n3)cc21. The highest BCUT2D eigenvalue weighted by Gasteiger charge is 2.35. The normalized spacial score (nSPS) is 17.3. The molecule has 0 spiro atoms. The number of ether oxygens (including phenoxy) is 2. The molecular formula is C20H24N2O4S. The van der Waals surface area contributed by atoms with Gasteiger partial charge in [-0.3, -0.25) is 14.5 Å². The molecule has 27 heavy (non-hydrogen) atoms. The number of carbonyl (C=O) groups is 2. The summed E-state index contributed by atoms with van der Waals surface area (Å²) in [5, 5.41) is 2.94. The first kappa shape index (κ1) is 19.4. The number of carbonyl (C=O) groups excluding carboxylic acids is 2. The first-order chi connectivity index (χ1) is 12.9. The summed E-state index contributed by atoms with van der Waals surface area (Å²) in [6.45, 7) is 7.49. The number of anilines is 1. The van der Waals surface area contributed by atoms with E-state index in [2.05, 4.69) is 4.98 Å². The summed E-state index contributed by atoms with van der Waals surface area (Å²) >= 11 is 1.56. The molecule has 1 aromatic heterocycles. The van der Waals surface area contributed by atoms with Crippen LogP contribution >= 0.6 is 11.3 Å². The molecule has 1 amide bonds. The maximum absolute atomic E-state index is 12.8. The number of nitrogens with zero attached hydrogens (tertiary/aromatic N) is 2. The van der Waals surface area contributed by atoms with Gasteiger partial charge in [0, 0.05) is 10.9 Å². The molecular weight excluding hydrogens is 364 g/mol. The Labute approximate surface area is 163 Å². The Hall–Kier alpha value is -2.41. The van der Waals surface area contributed by atoms with Crippen molar-refractivity contribution in [3.8, 4) is 17.0 Å². The molecule has 1 aliphatic heterocycles. The van der Waals surface area contributed by atoms with Crippen molar-refractivity contribution in [1.29, 1.82) is 0 Å². The van der Waals surface area contributed by atoms with Crippen molar-refractivity contribution in [3.05, 3.63) is 28.6 Å². The molecule has 1 aromatic carbocycles. The average Bonchev–Trinajstić information content (AvgIpc) is 3.09. The van der Waals surface area contributed by atoms with Crippen LogP contribution in [0.2, 0.25) is 0 Å². The third-order valence-corrected chi connectivity index (χ3v) is 5.31. The lowest BCUT2D eigenvalue weighted by atomic mass is 10.1. The van der Waals surface area contributed by atoms with E-state index in [1.54, 1.807) is 11.3 Å². The summed E-state index contributed by atoms with van der Waals surface area (Å²) in [4.78, 5) is 31.1. The zero-order valence-electron chi connectivity index (χ0n) is 16.0. The van der Waals surface area contributed by atoms with Gasteiger partial charge in [-0.25, -0.2) is 4.98 Å². The molecule has 6 nitrogen and oxygen atoms in total. The Morgan fingerprint density at radius 1 is 1.41 bits per heavy atom. The maximum atomic E-state index is 12.8. The predicted octanol–water partition coefficient (Wildman–Crippen LogP) is 3.96. The van der Waals surface area contributed by atoms with E-state index in [0.29, 0.717) is 17.9 Å². The van der Waals surface area contributed by atoms with Crippen LogP contribution in [0.4, 0.5) is 5.69 Å². The molecule has 0 radical (unpaired) electrons. The smallest absolute Gasteiger partial charge is 0.326 e. The highest BCUT2D eigenvalue weighted by Crippen LogP contribution is 2.38. The molecule has 2 atom stereocenters. The van der Waals surface area contributed by atoms with E-state index in [-0.39, 0.29) is 18.6 Å². The van der Waals surface area contributed by atoms with E-state index in [1.807, 2.05) is 51.3 Å². The Morgan fingerprint density at radius 3 is 2.81 bits per heavy atom. The molecule has 0 saturated carbocycles. The van der Waals surface area contributed by atoms with Gasteiger partial charge in [0.1, 0.15) is 12.3 Å². The third kappa shape index (κ3) is 4.13. The summed E-state index contributed by atoms with van der Waals surface area (Å²) in [7, 11) is 0. The van der Waals surface area contributed by atoms with Crippen molar-refractivity contribution in [2.24, 2.45) is 0 Å². The minimum absolute atomic E-state index is 0.129. The van der Waals surface area contributed by atoms with Gasteiger partial charge in [-0.05, 0) is 44.9 Å². The largest absolute Gasteiger partial charge is 0.478 e. The van der Waals surface area contributed by atoms with Gasteiger partial charge in [0.15, 0.2) is 6.10 Å². The zero-order valence-corrected chi connectivity index (χ0v) is 16.8. The van der Waals surface area contributed by atoms with Crippen molar-refractivity contribution >= 4 is 28.9 Å². The van der Waals surface area contributed by atoms with Gasteiger partial charge in [0.2, 0.25) is 0 Å². The monoisotopic (exact) mass is 388 g/mol. The van der Waals surface area contributed by atoms with Gasteiger partial charge in [0.05, 0.1) is 22.5 Å². The molecule has 2 aromatic rings. The number of benzene rings is 1. The number of esters is 1. The maximum Gasteiger partial charge on any atom is 0.326 e. The van der Waals surface area contributed by atoms with E-state index >= 15 is 0 Å². The summed E-state index contributed by atoms with van der Waals surface area (Å²) in [6, 6.07) is 5.61. The van der Waals surface area contributed by atoms with Crippen molar-refractivity contribution in [2.45, 2.75) is 52.7 Å². The van der Waals surface area contributed by atoms with Crippen LogP contribution < -0.4 is 9.64 Å². The Morgan fingerprint density at radius 2 is 2.19 bits per heavy atom. The lowest BCUT2D eigenvalue weighted by molar-refractivity contribution is -0.147. The molecule has 144 valence electrons. The predicted molar refractivity (Wildman–Crippen MR) is 105 cm³/mol. The molecule has 2 unspecified atom stereocenters. The van der Waals surface area contributed by atoms with Crippen LogP contribution in [0.25, 0.3) is 11.3 Å². The fourth-order valence-electron chi connectivity index (χ4n) is 2.87. The second-order valence-electron chi connectivity index (χ2n) is 6.58. The Balaban J connectivity index is 1.94. The quantitative estimate of drug-likeness (QED) is 0.701. The van der Waals surface area contributed by atoms with E-state index in [4.69, 9.17) is 9.47 Å². The topological polar surface area (TPSA) is 68.7 Å². The summed E-state index contributed by atoms with van der Waals surface area (Å²) in [5.74, 6) is -0.0542. The molecule has 0 fully saturated rings. The van der Waals surface area contributed by atoms with E-state index in [1.165, 1.54) is 4.90 Å². The Bertz CT molecular complexity index is 848. The zero-order chi connectivity index (χ0) is 19.6. The number of hydrogen-bond donors (Lipinski definition) is 0. The average molecular weight is 388 g/mol. The van der Waals surface area contributed by atoms with Crippen LogP contribution in [0.15, 0.2) is 23.6 Å². The second-order valence-corrected chi connectivity index (χ2v) is 7.64. The highest BCUT2D eigenvalue weighted by atomic mass is 32.1. The summed E-state index contributed by atoms with van der Waals surface area (Å²) in [6.07, 6.45) is 0.479. The van der Waals surface area contributed by atoms with Crippen molar-refractivity contribution < 1.29 is 19.1 Å². The lowest BCUT2D eigenvalue weighted by Gasteiger charge is -2.34. The van der Waals surface area contributed by atoms with Gasteiger partial charge in [0.25, 0.3) is 5.91 Å². The molecule has 0 bridgehead atoms. The fourth-order valence-corrected chi connectivity index (χ4v) is 3.50. The Kier molecular flexibility index (Phi) is 5.79. The summed E-state index contributed by atoms with van der Waals surface area (Å²) < 4.78 is 11.2. The number of hydrogen-bond acceptors (Lipinski definition) is 6. The molecule has 7 heteroatoms. The lowest BCUT2D eigenvalue weighted by Crippen LogP contribution is -2.48. The molecule has 0 N–H and O–H groups in total. The van der Waals surface area contributed by atoms with Crippen LogP contribution in [-0.4, -0.2) is 35.6 Å². The number of aromatic nitrogens is 1. The van der Waals surface area contributed by atoms with Gasteiger partial charge >= 0.3 is 5.97 Å². The molecule has 0 aliphatic carbocycles. The van der Waals surface area contributed by atoms with E-state index in [0.717, 1.165) is 22.7 Å². The van der Waals surface area contributed by atoms with Crippen molar-refractivity contribution in [1.82, 2.24) is 4.98 Å². The van der Waals surface area contributed by atoms with Gasteiger partial charge < -0.3 is 9.47 Å². The van der Waals surface area contributed by atoms with Crippen LogP contribution in [0, 0.1) is 6.92 Å². The van der Waals surface area contributed by atoms with Crippen LogP contribution in [0.5, 0.6) is 5.75 Å². The molecule has 2 heterocycles. The van der Waals surface area contributed by atoms with E-state index in [9.17, 15) is 9.59 Å². The van der Waals surface area contributed by atoms with E-state index < -0.39 is 12.1 Å². The third-order valence-electron chi connectivity index (χ3n) is 4.54. The molecule has 1 aliphatic rings. The summed E-state index contributed by atoms with van der Waals surface area (Å²) in [5.41, 5.74) is 2.30. The number of thiazole rings is 1. The van der Waals surface area contributed by atoms with Crippen LogP contribution in [0.3, 0.4) is 0 Å². The first-order valence-corrected chi connectivity index (χ1v) is 10.0. The van der Waals surface area contributed by atoms with Crippen molar-refractivity contribution in [2.75, 3.05) is 11.4 Å². The standard InChI is InChI=1S/C20H24N2O4S/c1-5-12(3)25-19(23)10-22-16-9-14(15-11-27-13(4)21-15)7-8-18(16)26-17(6-2)20(22)24/h7-9,11-12,17H,5-6,10H2,1-4H3. The fraction of sp³-hybridized carbons (Fsp3) is 0.450. The van der Waals surface area contributed by atoms with Crippen LogP contribution in [0.1, 0.15) is 38.6 Å². The van der Waals surface area contributed by atoms with Crippen molar-refractivity contribution in [3.63, 3.8) is 0 Å². The number of rotatable bonds is 6. The molecule has 0 saturated heterocycles. The van der Waals surface area contributed by atoms with Gasteiger partial charge in [-0.2, -0.15) is 0 Å². The second kappa shape index (κ2) is 8.08. The minimum atomic E-state index is -0.596. The minimum Gasteiger partial charge on any atom is -0.478 e. The molecule has 3 rings (SSSR count). The number of fused-ring (bicyclic) bond motifs is 1. The number of amides is 1. The highest BCUT2D eigenvalue weighted by molar-refractivity contribution is 7.09. The number of aryl methyl sites for hydroxylation is 1. The first-order valence-electron chi connectivity index (χ1n) is 9.17. The van der Waals surface area contributed by atoms with Gasteiger partial charge in [-0.15, -0.1) is 11.3 Å².